The van der Waals surface area contributed by atoms with Gasteiger partial charge in [-0.3, -0.25) is 4.79 Å². The Labute approximate surface area is 111 Å². The largest absolute Gasteiger partial charge is 0.294 e. The fourth-order valence-electron chi connectivity index (χ4n) is 3.26. The van der Waals surface area contributed by atoms with Gasteiger partial charge < -0.3 is 0 Å². The zero-order chi connectivity index (χ0) is 13.0. The first-order valence-corrected chi connectivity index (χ1v) is 7.35. The lowest BCUT2D eigenvalue weighted by atomic mass is 9.76. The van der Waals surface area contributed by atoms with Crippen LogP contribution in [-0.2, 0) is 6.42 Å². The molecule has 0 heterocycles. The number of ketones is 1. The van der Waals surface area contributed by atoms with Crippen molar-refractivity contribution in [3.8, 4) is 0 Å². The molecule has 0 atom stereocenters. The molecular formula is C17H24O. The Kier molecular flexibility index (Phi) is 4.21. The molecule has 0 N–H and O–H groups in total. The number of carbonyl (C=O) groups is 1. The number of hydrogen-bond acceptors (Lipinski definition) is 1. The van der Waals surface area contributed by atoms with E-state index in [1.807, 2.05) is 12.1 Å². The van der Waals surface area contributed by atoms with E-state index in [2.05, 4.69) is 26.0 Å². The average molecular weight is 244 g/mol. The Bertz CT molecular complexity index is 413. The molecule has 0 amide bonds. The maximum atomic E-state index is 12.8. The van der Waals surface area contributed by atoms with Gasteiger partial charge in [0.1, 0.15) is 0 Å². The van der Waals surface area contributed by atoms with Gasteiger partial charge >= 0.3 is 0 Å². The van der Waals surface area contributed by atoms with Crippen LogP contribution in [0.25, 0.3) is 0 Å². The lowest BCUT2D eigenvalue weighted by Gasteiger charge is -2.25. The second kappa shape index (κ2) is 5.69. The Balaban J connectivity index is 2.24. The van der Waals surface area contributed by atoms with Crippen LogP contribution in [0.5, 0.6) is 0 Å². The van der Waals surface area contributed by atoms with Crippen molar-refractivity contribution >= 4 is 5.78 Å². The van der Waals surface area contributed by atoms with Gasteiger partial charge in [0.15, 0.2) is 5.78 Å². The molecule has 18 heavy (non-hydrogen) atoms. The number of Topliss-reactive ketones (excluding diaryl/α,β-unsaturated/α-hetero) is 1. The minimum Gasteiger partial charge on any atom is -0.294 e. The Morgan fingerprint density at radius 3 is 2.56 bits per heavy atom. The molecule has 1 aromatic rings. The van der Waals surface area contributed by atoms with Crippen LogP contribution in [0.1, 0.15) is 68.3 Å². The van der Waals surface area contributed by atoms with E-state index in [0.29, 0.717) is 5.78 Å². The predicted molar refractivity (Wildman–Crippen MR) is 76.0 cm³/mol. The summed E-state index contributed by atoms with van der Waals surface area (Å²) in [6, 6.07) is 8.28. The highest BCUT2D eigenvalue weighted by Crippen LogP contribution is 2.43. The summed E-state index contributed by atoms with van der Waals surface area (Å²) in [6.45, 7) is 4.35. The highest BCUT2D eigenvalue weighted by molar-refractivity contribution is 6.00. The molecular weight excluding hydrogens is 220 g/mol. The van der Waals surface area contributed by atoms with Crippen LogP contribution >= 0.6 is 0 Å². The van der Waals surface area contributed by atoms with Crippen molar-refractivity contribution in [3.63, 3.8) is 0 Å². The van der Waals surface area contributed by atoms with Crippen LogP contribution < -0.4 is 0 Å². The lowest BCUT2D eigenvalue weighted by Crippen LogP contribution is -2.27. The Morgan fingerprint density at radius 1 is 1.22 bits per heavy atom. The van der Waals surface area contributed by atoms with Gasteiger partial charge in [0.25, 0.3) is 0 Å². The molecule has 1 heteroatoms. The second-order valence-corrected chi connectivity index (χ2v) is 5.62. The van der Waals surface area contributed by atoms with E-state index < -0.39 is 0 Å². The van der Waals surface area contributed by atoms with E-state index in [-0.39, 0.29) is 5.41 Å². The summed E-state index contributed by atoms with van der Waals surface area (Å²) in [5.41, 5.74) is 2.18. The van der Waals surface area contributed by atoms with Crippen molar-refractivity contribution in [2.24, 2.45) is 5.41 Å². The monoisotopic (exact) mass is 244 g/mol. The third-order valence-corrected chi connectivity index (χ3v) is 4.45. The SMILES string of the molecule is CCCc1cccc(C(=O)C2(CC)CCCC2)c1. The average Bonchev–Trinajstić information content (AvgIpc) is 2.88. The summed E-state index contributed by atoms with van der Waals surface area (Å²) in [4.78, 5) is 12.8. The molecule has 98 valence electrons. The first-order chi connectivity index (χ1) is 8.72. The molecule has 0 aromatic heterocycles. The molecule has 0 spiro atoms. The molecule has 0 saturated heterocycles. The van der Waals surface area contributed by atoms with Crippen molar-refractivity contribution in [1.29, 1.82) is 0 Å². The summed E-state index contributed by atoms with van der Waals surface area (Å²) in [5, 5.41) is 0. The van der Waals surface area contributed by atoms with Crippen molar-refractivity contribution in [1.82, 2.24) is 0 Å². The third kappa shape index (κ3) is 2.50. The van der Waals surface area contributed by atoms with Gasteiger partial charge in [0, 0.05) is 11.0 Å². The summed E-state index contributed by atoms with van der Waals surface area (Å²) < 4.78 is 0. The number of hydrogen-bond donors (Lipinski definition) is 0. The fraction of sp³-hybridized carbons (Fsp3) is 0.588. The third-order valence-electron chi connectivity index (χ3n) is 4.45. The molecule has 0 radical (unpaired) electrons. The molecule has 1 aliphatic rings. The summed E-state index contributed by atoms with van der Waals surface area (Å²) in [7, 11) is 0. The van der Waals surface area contributed by atoms with Crippen LogP contribution in [-0.4, -0.2) is 5.78 Å². The van der Waals surface area contributed by atoms with E-state index in [0.717, 1.165) is 37.7 Å². The van der Waals surface area contributed by atoms with Gasteiger partial charge in [-0.15, -0.1) is 0 Å². The highest BCUT2D eigenvalue weighted by atomic mass is 16.1. The van der Waals surface area contributed by atoms with Crippen LogP contribution in [0.2, 0.25) is 0 Å². The van der Waals surface area contributed by atoms with Crippen LogP contribution in [0.4, 0.5) is 0 Å². The van der Waals surface area contributed by atoms with Crippen LogP contribution in [0, 0.1) is 5.41 Å². The normalized spacial score (nSPS) is 17.9. The van der Waals surface area contributed by atoms with Gasteiger partial charge in [0.05, 0.1) is 0 Å². The van der Waals surface area contributed by atoms with E-state index in [1.54, 1.807) is 0 Å². The maximum absolute atomic E-state index is 12.8. The van der Waals surface area contributed by atoms with Crippen molar-refractivity contribution < 1.29 is 4.79 Å². The molecule has 1 fully saturated rings. The topological polar surface area (TPSA) is 17.1 Å². The smallest absolute Gasteiger partial charge is 0.168 e. The molecule has 2 rings (SSSR count). The van der Waals surface area contributed by atoms with Gasteiger partial charge in [-0.1, -0.05) is 51.3 Å². The first kappa shape index (κ1) is 13.3. The zero-order valence-electron chi connectivity index (χ0n) is 11.7. The first-order valence-electron chi connectivity index (χ1n) is 7.35. The number of rotatable bonds is 5. The van der Waals surface area contributed by atoms with E-state index in [4.69, 9.17) is 0 Å². The maximum Gasteiger partial charge on any atom is 0.168 e. The van der Waals surface area contributed by atoms with Gasteiger partial charge in [-0.2, -0.15) is 0 Å². The van der Waals surface area contributed by atoms with Crippen LogP contribution in [0.15, 0.2) is 24.3 Å². The molecule has 1 aliphatic carbocycles. The van der Waals surface area contributed by atoms with Crippen molar-refractivity contribution in [2.75, 3.05) is 0 Å². The minimum absolute atomic E-state index is 0.0508. The predicted octanol–water partition coefficient (Wildman–Crippen LogP) is 4.79. The highest BCUT2D eigenvalue weighted by Gasteiger charge is 2.39. The molecule has 0 unspecified atom stereocenters. The number of benzene rings is 1. The van der Waals surface area contributed by atoms with Gasteiger partial charge in [0.2, 0.25) is 0 Å². The standard InChI is InChI=1S/C17H24O/c1-3-8-14-9-7-10-15(13-14)16(18)17(4-2)11-5-6-12-17/h7,9-10,13H,3-6,8,11-12H2,1-2H3. The Morgan fingerprint density at radius 2 is 1.94 bits per heavy atom. The van der Waals surface area contributed by atoms with Gasteiger partial charge in [-0.25, -0.2) is 0 Å². The Hall–Kier alpha value is -1.11. The van der Waals surface area contributed by atoms with E-state index in [9.17, 15) is 4.79 Å². The summed E-state index contributed by atoms with van der Waals surface area (Å²) in [6.07, 6.45) is 7.80. The minimum atomic E-state index is -0.0508. The van der Waals surface area contributed by atoms with Gasteiger partial charge in [-0.05, 0) is 37.3 Å². The zero-order valence-corrected chi connectivity index (χ0v) is 11.7. The van der Waals surface area contributed by atoms with Crippen molar-refractivity contribution in [2.45, 2.75) is 58.8 Å². The fourth-order valence-corrected chi connectivity index (χ4v) is 3.26. The van der Waals surface area contributed by atoms with E-state index in [1.165, 1.54) is 18.4 Å². The quantitative estimate of drug-likeness (QED) is 0.680. The summed E-state index contributed by atoms with van der Waals surface area (Å²) >= 11 is 0. The van der Waals surface area contributed by atoms with Crippen LogP contribution in [0.3, 0.4) is 0 Å². The molecule has 0 bridgehead atoms. The number of carbonyl (C=O) groups excluding carboxylic acids is 1. The molecule has 1 nitrogen and oxygen atoms in total. The lowest BCUT2D eigenvalue weighted by molar-refractivity contribution is 0.0791. The van der Waals surface area contributed by atoms with E-state index >= 15 is 0 Å². The molecule has 1 saturated carbocycles. The summed E-state index contributed by atoms with van der Waals surface area (Å²) in [5.74, 6) is 0.389. The van der Waals surface area contributed by atoms with Crippen molar-refractivity contribution in [3.05, 3.63) is 35.4 Å². The number of aryl methyl sites for hydroxylation is 1. The molecule has 1 aromatic carbocycles. The molecule has 0 aliphatic heterocycles. The second-order valence-electron chi connectivity index (χ2n) is 5.62.